The number of hydrogen-bond donors (Lipinski definition) is 3. The molecule has 0 atom stereocenters. The molecule has 0 aliphatic heterocycles. The molecule has 0 aromatic heterocycles. The van der Waals surface area contributed by atoms with Crippen LogP contribution in [0.5, 0.6) is 0 Å². The summed E-state index contributed by atoms with van der Waals surface area (Å²) >= 11 is 0. The number of rotatable bonds is 3. The third-order valence-electron chi connectivity index (χ3n) is 0.672. The molecular weight excluding hydrogens is 143 g/mol. The van der Waals surface area contributed by atoms with Crippen LogP contribution in [0.15, 0.2) is 5.11 Å². The summed E-state index contributed by atoms with van der Waals surface area (Å²) in [5, 5.41) is 2.60. The quantitative estimate of drug-likeness (QED) is 0.235. The van der Waals surface area contributed by atoms with E-state index in [0.29, 0.717) is 6.54 Å². The Balaban J connectivity index is 0. The van der Waals surface area contributed by atoms with Crippen molar-refractivity contribution in [3.8, 4) is 0 Å². The monoisotopic (exact) mass is 153 g/mol. The Kier molecular flexibility index (Phi) is 11.5. The molecule has 0 unspecified atom stereocenters. The van der Waals surface area contributed by atoms with Gasteiger partial charge in [-0.2, -0.15) is 5.53 Å². The van der Waals surface area contributed by atoms with Crippen LogP contribution in [0.25, 0.3) is 0 Å². The van der Waals surface area contributed by atoms with Gasteiger partial charge in [0.15, 0.2) is 0 Å². The summed E-state index contributed by atoms with van der Waals surface area (Å²) < 4.78 is 0. The second-order valence-electron chi connectivity index (χ2n) is 1.47. The standard InChI is InChI=1S/C4H10N4O.Na/c1-2-3-6-8-4(9)7-5;/h5-6H,2-3H2,1H3,(H,8,9);. The van der Waals surface area contributed by atoms with E-state index >= 15 is 0 Å². The molecule has 0 aliphatic rings. The first kappa shape index (κ1) is 12.7. The molecule has 0 aromatic carbocycles. The number of nitrogens with zero attached hydrogens (tertiary/aromatic N) is 1. The van der Waals surface area contributed by atoms with Gasteiger partial charge in [0, 0.05) is 36.1 Å². The second-order valence-corrected chi connectivity index (χ2v) is 1.47. The zero-order valence-corrected chi connectivity index (χ0v) is 8.27. The molecule has 0 fully saturated rings. The van der Waals surface area contributed by atoms with Gasteiger partial charge in [-0.3, -0.25) is 5.43 Å². The predicted molar refractivity (Wildman–Crippen MR) is 37.7 cm³/mol. The first-order valence-electron chi connectivity index (χ1n) is 2.71. The van der Waals surface area contributed by atoms with E-state index in [1.54, 1.807) is 0 Å². The van der Waals surface area contributed by atoms with Crippen LogP contribution in [-0.2, 0) is 0 Å². The van der Waals surface area contributed by atoms with Gasteiger partial charge in [0.05, 0.1) is 0 Å². The van der Waals surface area contributed by atoms with Crippen LogP contribution < -0.4 is 10.9 Å². The van der Waals surface area contributed by atoms with E-state index in [2.05, 4.69) is 16.0 Å². The normalized spacial score (nSPS) is 7.70. The molecule has 3 N–H and O–H groups in total. The summed E-state index contributed by atoms with van der Waals surface area (Å²) in [4.78, 5) is 10.2. The second kappa shape index (κ2) is 9.03. The summed E-state index contributed by atoms with van der Waals surface area (Å²) in [7, 11) is 0. The number of carbonyl (C=O) groups is 1. The van der Waals surface area contributed by atoms with Gasteiger partial charge in [-0.25, -0.2) is 10.2 Å². The van der Waals surface area contributed by atoms with Crippen molar-refractivity contribution in [1.29, 1.82) is 5.53 Å². The molecule has 0 spiro atoms. The van der Waals surface area contributed by atoms with Gasteiger partial charge in [0.25, 0.3) is 0 Å². The Morgan fingerprint density at radius 3 is 2.70 bits per heavy atom. The van der Waals surface area contributed by atoms with E-state index in [4.69, 9.17) is 5.53 Å². The smallest absolute Gasteiger partial charge is 0.270 e. The maximum Gasteiger partial charge on any atom is 0.373 e. The van der Waals surface area contributed by atoms with E-state index in [1.165, 1.54) is 0 Å². The van der Waals surface area contributed by atoms with E-state index in [1.807, 2.05) is 6.92 Å². The van der Waals surface area contributed by atoms with Crippen molar-refractivity contribution in [3.05, 3.63) is 0 Å². The number of hydrazine groups is 1. The van der Waals surface area contributed by atoms with Crippen LogP contribution in [0, 0.1) is 5.53 Å². The average molecular weight is 153 g/mol. The molecule has 6 heteroatoms. The first-order chi connectivity index (χ1) is 4.31. The van der Waals surface area contributed by atoms with Crippen LogP contribution >= 0.6 is 0 Å². The summed E-state index contributed by atoms with van der Waals surface area (Å²) in [6, 6.07) is -0.663. The third kappa shape index (κ3) is 8.03. The van der Waals surface area contributed by atoms with Gasteiger partial charge in [0.2, 0.25) is 0 Å². The summed E-state index contributed by atoms with van der Waals surface area (Å²) in [5.74, 6) is 0. The fourth-order valence-electron chi connectivity index (χ4n) is 0.291. The van der Waals surface area contributed by atoms with E-state index in [0.717, 1.165) is 6.42 Å². The molecule has 0 aromatic rings. The number of carbonyl (C=O) groups excluding carboxylic acids is 1. The molecule has 0 bridgehead atoms. The molecule has 0 rings (SSSR count). The largest absolute Gasteiger partial charge is 0.373 e. The van der Waals surface area contributed by atoms with Crippen molar-refractivity contribution in [1.82, 2.24) is 10.9 Å². The van der Waals surface area contributed by atoms with Crippen LogP contribution in [0.3, 0.4) is 0 Å². The Hall–Kier alpha value is 0.0300. The van der Waals surface area contributed by atoms with Crippen molar-refractivity contribution >= 4 is 35.6 Å². The van der Waals surface area contributed by atoms with Crippen molar-refractivity contribution in [2.75, 3.05) is 6.54 Å². The Morgan fingerprint density at radius 1 is 1.70 bits per heavy atom. The third-order valence-corrected chi connectivity index (χ3v) is 0.672. The van der Waals surface area contributed by atoms with Crippen LogP contribution in [0.2, 0.25) is 0 Å². The molecule has 0 aliphatic carbocycles. The number of nitrogens with one attached hydrogen (secondary N) is 3. The topological polar surface area (TPSA) is 77.3 Å². The number of hydrogen-bond acceptors (Lipinski definition) is 3. The Morgan fingerprint density at radius 2 is 2.30 bits per heavy atom. The molecule has 5 nitrogen and oxygen atoms in total. The van der Waals surface area contributed by atoms with Crippen LogP contribution in [0.4, 0.5) is 4.79 Å². The Labute approximate surface area is 81.7 Å². The molecular formula is C4H10N4NaO. The molecule has 1 radical (unpaired) electrons. The fraction of sp³-hybridized carbons (Fsp3) is 0.750. The van der Waals surface area contributed by atoms with Gasteiger partial charge in [-0.05, 0) is 6.42 Å². The van der Waals surface area contributed by atoms with Gasteiger partial charge in [0.1, 0.15) is 0 Å². The minimum absolute atomic E-state index is 0. The van der Waals surface area contributed by atoms with Gasteiger partial charge in [-0.15, -0.1) is 0 Å². The molecule has 53 valence electrons. The van der Waals surface area contributed by atoms with Crippen molar-refractivity contribution in [3.63, 3.8) is 0 Å². The zero-order valence-electron chi connectivity index (χ0n) is 6.27. The van der Waals surface area contributed by atoms with E-state index in [9.17, 15) is 4.79 Å². The van der Waals surface area contributed by atoms with Crippen molar-refractivity contribution in [2.24, 2.45) is 5.11 Å². The van der Waals surface area contributed by atoms with E-state index < -0.39 is 6.03 Å². The summed E-state index contributed by atoms with van der Waals surface area (Å²) in [5.41, 5.74) is 11.0. The van der Waals surface area contributed by atoms with Crippen molar-refractivity contribution < 1.29 is 4.79 Å². The van der Waals surface area contributed by atoms with Gasteiger partial charge in [-0.1, -0.05) is 12.0 Å². The SMILES string of the molecule is CCCNNC(=O)N=N.[Na]. The zero-order chi connectivity index (χ0) is 7.11. The number of amides is 2. The number of urea groups is 1. The fourth-order valence-corrected chi connectivity index (χ4v) is 0.291. The molecule has 0 saturated heterocycles. The maximum absolute atomic E-state index is 10.2. The van der Waals surface area contributed by atoms with Crippen LogP contribution in [-0.4, -0.2) is 42.1 Å². The van der Waals surface area contributed by atoms with Gasteiger partial charge >= 0.3 is 6.03 Å². The minimum Gasteiger partial charge on any atom is -0.270 e. The average Bonchev–Trinajstić information content (AvgIpc) is 1.89. The maximum atomic E-state index is 10.2. The summed E-state index contributed by atoms with van der Waals surface area (Å²) in [6.45, 7) is 2.66. The first-order valence-corrected chi connectivity index (χ1v) is 2.71. The van der Waals surface area contributed by atoms with Gasteiger partial charge < -0.3 is 0 Å². The van der Waals surface area contributed by atoms with Crippen LogP contribution in [0.1, 0.15) is 13.3 Å². The molecule has 0 heterocycles. The van der Waals surface area contributed by atoms with Crippen molar-refractivity contribution in [2.45, 2.75) is 13.3 Å². The predicted octanol–water partition coefficient (Wildman–Crippen LogP) is 0.261. The molecule has 10 heavy (non-hydrogen) atoms. The summed E-state index contributed by atoms with van der Waals surface area (Å²) in [6.07, 6.45) is 0.929. The van der Waals surface area contributed by atoms with E-state index in [-0.39, 0.29) is 29.6 Å². The molecule has 2 amide bonds. The molecule has 0 saturated carbocycles. The Bertz CT molecular complexity index is 107. The minimum atomic E-state index is -0.663.